The molecule has 0 aromatic heterocycles. The molecule has 0 heterocycles. The molecule has 1 N–H and O–H groups in total. The molecule has 0 bridgehead atoms. The molecule has 82 valence electrons. The number of nitrogens with one attached hydrogen (secondary N) is 1. The first-order valence-electron chi connectivity index (χ1n) is 4.46. The number of benzene rings is 1. The fourth-order valence-electron chi connectivity index (χ4n) is 0.966. The van der Waals surface area contributed by atoms with E-state index in [2.05, 4.69) is 21.2 Å². The summed E-state index contributed by atoms with van der Waals surface area (Å²) in [5, 5.41) is 3.30. The summed E-state index contributed by atoms with van der Waals surface area (Å²) in [5.74, 6) is -0.175. The van der Waals surface area contributed by atoms with Crippen LogP contribution in [0.15, 0.2) is 22.7 Å². The maximum Gasteiger partial charge on any atom is 0.250 e. The van der Waals surface area contributed by atoms with Gasteiger partial charge in [0.05, 0.1) is 5.02 Å². The molecular weight excluding hydrogens is 281 g/mol. The predicted molar refractivity (Wildman–Crippen MR) is 64.3 cm³/mol. The second-order valence-corrected chi connectivity index (χ2v) is 4.08. The van der Waals surface area contributed by atoms with Crippen molar-refractivity contribution in [2.45, 2.75) is 6.92 Å². The molecule has 1 amide bonds. The summed E-state index contributed by atoms with van der Waals surface area (Å²) in [6.07, 6.45) is 0. The molecular formula is C10H11BrClNO2. The van der Waals surface area contributed by atoms with Crippen molar-refractivity contribution < 1.29 is 9.53 Å². The molecule has 0 atom stereocenters. The molecule has 1 aromatic carbocycles. The normalized spacial score (nSPS) is 10.1. The first kappa shape index (κ1) is 12.5. The fourth-order valence-corrected chi connectivity index (χ4v) is 1.46. The van der Waals surface area contributed by atoms with Gasteiger partial charge in [0.25, 0.3) is 0 Å². The molecule has 0 fully saturated rings. The molecule has 0 aliphatic carbocycles. The van der Waals surface area contributed by atoms with E-state index >= 15 is 0 Å². The number of hydrogen-bond acceptors (Lipinski definition) is 2. The molecule has 1 rings (SSSR count). The van der Waals surface area contributed by atoms with Crippen molar-refractivity contribution in [3.63, 3.8) is 0 Å². The van der Waals surface area contributed by atoms with Crippen LogP contribution in [0.1, 0.15) is 6.92 Å². The van der Waals surface area contributed by atoms with E-state index in [0.29, 0.717) is 17.3 Å². The third-order valence-corrected chi connectivity index (χ3v) is 2.85. The SMILES string of the molecule is CCOCC(=O)Nc1ccc(Cl)c(Br)c1. The van der Waals surface area contributed by atoms with Gasteiger partial charge in [-0.15, -0.1) is 0 Å². The molecule has 0 aliphatic rings. The molecule has 3 nitrogen and oxygen atoms in total. The van der Waals surface area contributed by atoms with Crippen molar-refractivity contribution in [1.29, 1.82) is 0 Å². The number of ether oxygens (including phenoxy) is 1. The minimum Gasteiger partial charge on any atom is -0.372 e. The first-order valence-corrected chi connectivity index (χ1v) is 5.63. The number of carbonyl (C=O) groups excluding carboxylic acids is 1. The first-order chi connectivity index (χ1) is 7.13. The largest absolute Gasteiger partial charge is 0.372 e. The molecule has 0 spiro atoms. The van der Waals surface area contributed by atoms with E-state index < -0.39 is 0 Å². The molecule has 0 unspecified atom stereocenters. The van der Waals surface area contributed by atoms with Crippen LogP contribution in [-0.2, 0) is 9.53 Å². The zero-order valence-corrected chi connectivity index (χ0v) is 10.6. The second kappa shape index (κ2) is 6.10. The van der Waals surface area contributed by atoms with E-state index in [1.165, 1.54) is 0 Å². The molecule has 0 radical (unpaired) electrons. The molecule has 15 heavy (non-hydrogen) atoms. The Balaban J connectivity index is 2.57. The Morgan fingerprint density at radius 1 is 1.60 bits per heavy atom. The average Bonchev–Trinajstić information content (AvgIpc) is 2.20. The molecule has 5 heteroatoms. The van der Waals surface area contributed by atoms with Crippen LogP contribution in [0, 0.1) is 0 Å². The Morgan fingerprint density at radius 2 is 2.33 bits per heavy atom. The van der Waals surface area contributed by atoms with Crippen LogP contribution in [0.5, 0.6) is 0 Å². The van der Waals surface area contributed by atoms with Crippen LogP contribution in [-0.4, -0.2) is 19.1 Å². The highest BCUT2D eigenvalue weighted by molar-refractivity contribution is 9.10. The van der Waals surface area contributed by atoms with Crippen LogP contribution in [0.3, 0.4) is 0 Å². The Kier molecular flexibility index (Phi) is 5.08. The number of rotatable bonds is 4. The van der Waals surface area contributed by atoms with Crippen molar-refractivity contribution in [1.82, 2.24) is 0 Å². The number of halogens is 2. The van der Waals surface area contributed by atoms with Gasteiger partial charge >= 0.3 is 0 Å². The third-order valence-electron chi connectivity index (χ3n) is 1.64. The molecule has 0 aliphatic heterocycles. The Bertz CT molecular complexity index is 357. The smallest absolute Gasteiger partial charge is 0.250 e. The van der Waals surface area contributed by atoms with Crippen LogP contribution in [0.2, 0.25) is 5.02 Å². The van der Waals surface area contributed by atoms with Gasteiger partial charge < -0.3 is 10.1 Å². The third kappa shape index (κ3) is 4.20. The van der Waals surface area contributed by atoms with Crippen molar-refractivity contribution in [3.05, 3.63) is 27.7 Å². The van der Waals surface area contributed by atoms with Crippen LogP contribution >= 0.6 is 27.5 Å². The standard InChI is InChI=1S/C10H11BrClNO2/c1-2-15-6-10(14)13-7-3-4-9(12)8(11)5-7/h3-5H,2,6H2,1H3,(H,13,14). The summed E-state index contributed by atoms with van der Waals surface area (Å²) in [4.78, 5) is 11.3. The van der Waals surface area contributed by atoms with Crippen molar-refractivity contribution in [3.8, 4) is 0 Å². The fraction of sp³-hybridized carbons (Fsp3) is 0.300. The van der Waals surface area contributed by atoms with Gasteiger partial charge in [-0.1, -0.05) is 11.6 Å². The van der Waals surface area contributed by atoms with E-state index in [1.54, 1.807) is 18.2 Å². The summed E-state index contributed by atoms with van der Waals surface area (Å²) in [6.45, 7) is 2.43. The molecule has 0 saturated heterocycles. The van der Waals surface area contributed by atoms with Crippen LogP contribution < -0.4 is 5.32 Å². The summed E-state index contributed by atoms with van der Waals surface area (Å²) in [6, 6.07) is 5.19. The van der Waals surface area contributed by atoms with Gasteiger partial charge in [-0.05, 0) is 41.1 Å². The highest BCUT2D eigenvalue weighted by Gasteiger charge is 2.03. The highest BCUT2D eigenvalue weighted by Crippen LogP contribution is 2.25. The number of carbonyl (C=O) groups is 1. The zero-order chi connectivity index (χ0) is 11.3. The van der Waals surface area contributed by atoms with Crippen molar-refractivity contribution >= 4 is 39.1 Å². The minimum absolute atomic E-state index is 0.0662. The van der Waals surface area contributed by atoms with E-state index in [-0.39, 0.29) is 12.5 Å². The van der Waals surface area contributed by atoms with E-state index in [9.17, 15) is 4.79 Å². The topological polar surface area (TPSA) is 38.3 Å². The second-order valence-electron chi connectivity index (χ2n) is 2.81. The highest BCUT2D eigenvalue weighted by atomic mass is 79.9. The van der Waals surface area contributed by atoms with Gasteiger partial charge in [0, 0.05) is 16.8 Å². The molecule has 0 saturated carbocycles. The van der Waals surface area contributed by atoms with Crippen molar-refractivity contribution in [2.24, 2.45) is 0 Å². The van der Waals surface area contributed by atoms with Gasteiger partial charge in [0.15, 0.2) is 0 Å². The van der Waals surface area contributed by atoms with Crippen LogP contribution in [0.25, 0.3) is 0 Å². The number of hydrogen-bond donors (Lipinski definition) is 1. The predicted octanol–water partition coefficient (Wildman–Crippen LogP) is 3.08. The van der Waals surface area contributed by atoms with E-state index in [1.807, 2.05) is 6.92 Å². The average molecular weight is 293 g/mol. The maximum atomic E-state index is 11.3. The van der Waals surface area contributed by atoms with Gasteiger partial charge in [-0.2, -0.15) is 0 Å². The Labute approximate surface area is 102 Å². The quantitative estimate of drug-likeness (QED) is 0.926. The summed E-state index contributed by atoms with van der Waals surface area (Å²) in [7, 11) is 0. The maximum absolute atomic E-state index is 11.3. The lowest BCUT2D eigenvalue weighted by atomic mass is 10.3. The van der Waals surface area contributed by atoms with Gasteiger partial charge in [-0.3, -0.25) is 4.79 Å². The minimum atomic E-state index is -0.175. The van der Waals surface area contributed by atoms with Gasteiger partial charge in [0.2, 0.25) is 5.91 Å². The summed E-state index contributed by atoms with van der Waals surface area (Å²) < 4.78 is 5.72. The van der Waals surface area contributed by atoms with Gasteiger partial charge in [-0.25, -0.2) is 0 Å². The lowest BCUT2D eigenvalue weighted by Gasteiger charge is -2.06. The lowest BCUT2D eigenvalue weighted by Crippen LogP contribution is -2.18. The Hall–Kier alpha value is -0.580. The van der Waals surface area contributed by atoms with E-state index in [0.717, 1.165) is 4.47 Å². The van der Waals surface area contributed by atoms with Gasteiger partial charge in [0.1, 0.15) is 6.61 Å². The number of anilines is 1. The summed E-state index contributed by atoms with van der Waals surface area (Å²) >= 11 is 9.09. The van der Waals surface area contributed by atoms with E-state index in [4.69, 9.17) is 16.3 Å². The number of amides is 1. The Morgan fingerprint density at radius 3 is 2.93 bits per heavy atom. The van der Waals surface area contributed by atoms with Crippen molar-refractivity contribution in [2.75, 3.05) is 18.5 Å². The monoisotopic (exact) mass is 291 g/mol. The van der Waals surface area contributed by atoms with Crippen LogP contribution in [0.4, 0.5) is 5.69 Å². The summed E-state index contributed by atoms with van der Waals surface area (Å²) in [5.41, 5.74) is 0.691. The zero-order valence-electron chi connectivity index (χ0n) is 8.22. The molecule has 1 aromatic rings. The lowest BCUT2D eigenvalue weighted by molar-refractivity contribution is -0.120.